The SMILES string of the molecule is CCC1Cc2cc(OCCCOC)c(OC)cc2-c2cc(=O)c(CN3CCOCC3C(=O)OC)cn21. The molecule has 0 spiro atoms. The number of esters is 1. The highest BCUT2D eigenvalue weighted by molar-refractivity contribution is 5.76. The van der Waals surface area contributed by atoms with Crippen LogP contribution in [0.5, 0.6) is 11.5 Å². The molecule has 196 valence electrons. The van der Waals surface area contributed by atoms with Gasteiger partial charge in [0.05, 0.1) is 39.7 Å². The number of hydrogen-bond donors (Lipinski definition) is 0. The molecule has 9 nitrogen and oxygen atoms in total. The van der Waals surface area contributed by atoms with Gasteiger partial charge in [0.1, 0.15) is 6.04 Å². The third-order valence-corrected chi connectivity index (χ3v) is 6.98. The fourth-order valence-corrected chi connectivity index (χ4v) is 4.99. The van der Waals surface area contributed by atoms with Gasteiger partial charge < -0.3 is 28.3 Å². The van der Waals surface area contributed by atoms with Crippen LogP contribution in [-0.4, -0.2) is 75.8 Å². The molecule has 0 bridgehead atoms. The third kappa shape index (κ3) is 5.43. The van der Waals surface area contributed by atoms with Crippen LogP contribution in [-0.2, 0) is 32.0 Å². The van der Waals surface area contributed by atoms with Gasteiger partial charge in [0.15, 0.2) is 16.9 Å². The minimum atomic E-state index is -0.515. The summed E-state index contributed by atoms with van der Waals surface area (Å²) in [6, 6.07) is 5.40. The lowest BCUT2D eigenvalue weighted by atomic mass is 9.90. The Labute approximate surface area is 211 Å². The van der Waals surface area contributed by atoms with E-state index in [9.17, 15) is 9.59 Å². The second kappa shape index (κ2) is 11.9. The number of nitrogens with zero attached hydrogens (tertiary/aromatic N) is 2. The minimum Gasteiger partial charge on any atom is -0.493 e. The van der Waals surface area contributed by atoms with Crippen molar-refractivity contribution in [2.75, 3.05) is 54.3 Å². The van der Waals surface area contributed by atoms with Crippen molar-refractivity contribution in [1.29, 1.82) is 0 Å². The van der Waals surface area contributed by atoms with Gasteiger partial charge in [-0.05, 0) is 30.5 Å². The summed E-state index contributed by atoms with van der Waals surface area (Å²) in [5.41, 5.74) is 3.57. The Kier molecular flexibility index (Phi) is 8.66. The van der Waals surface area contributed by atoms with E-state index >= 15 is 0 Å². The van der Waals surface area contributed by atoms with Gasteiger partial charge in [-0.2, -0.15) is 0 Å². The number of ether oxygens (including phenoxy) is 5. The van der Waals surface area contributed by atoms with E-state index in [0.29, 0.717) is 50.0 Å². The van der Waals surface area contributed by atoms with Crippen LogP contribution in [0.4, 0.5) is 0 Å². The van der Waals surface area contributed by atoms with Crippen molar-refractivity contribution in [3.05, 3.63) is 45.7 Å². The van der Waals surface area contributed by atoms with Gasteiger partial charge in [0.2, 0.25) is 0 Å². The first-order valence-electron chi connectivity index (χ1n) is 12.5. The molecule has 2 atom stereocenters. The predicted molar refractivity (Wildman–Crippen MR) is 135 cm³/mol. The first-order valence-corrected chi connectivity index (χ1v) is 12.5. The van der Waals surface area contributed by atoms with E-state index in [1.807, 2.05) is 23.2 Å². The molecule has 4 rings (SSSR count). The molecule has 2 aromatic rings. The van der Waals surface area contributed by atoms with E-state index in [4.69, 9.17) is 23.7 Å². The summed E-state index contributed by atoms with van der Waals surface area (Å²) in [5.74, 6) is 0.995. The van der Waals surface area contributed by atoms with Crippen molar-refractivity contribution >= 4 is 5.97 Å². The van der Waals surface area contributed by atoms with Gasteiger partial charge in [-0.25, -0.2) is 0 Å². The van der Waals surface area contributed by atoms with E-state index < -0.39 is 6.04 Å². The van der Waals surface area contributed by atoms with E-state index in [1.54, 1.807) is 20.3 Å². The summed E-state index contributed by atoms with van der Waals surface area (Å²) >= 11 is 0. The number of carbonyl (C=O) groups excluding carboxylic acids is 1. The van der Waals surface area contributed by atoms with Crippen molar-refractivity contribution < 1.29 is 28.5 Å². The van der Waals surface area contributed by atoms with E-state index in [0.717, 1.165) is 36.1 Å². The van der Waals surface area contributed by atoms with Gasteiger partial charge >= 0.3 is 5.97 Å². The Morgan fingerprint density at radius 1 is 1.14 bits per heavy atom. The summed E-state index contributed by atoms with van der Waals surface area (Å²) in [4.78, 5) is 27.5. The third-order valence-electron chi connectivity index (χ3n) is 6.98. The monoisotopic (exact) mass is 500 g/mol. The number of pyridine rings is 1. The molecule has 1 fully saturated rings. The number of methoxy groups -OCH3 is 3. The summed E-state index contributed by atoms with van der Waals surface area (Å²) in [7, 11) is 4.67. The summed E-state index contributed by atoms with van der Waals surface area (Å²) < 4.78 is 29.4. The Morgan fingerprint density at radius 3 is 2.69 bits per heavy atom. The van der Waals surface area contributed by atoms with Gasteiger partial charge in [0.25, 0.3) is 0 Å². The number of fused-ring (bicyclic) bond motifs is 3. The van der Waals surface area contributed by atoms with Crippen molar-refractivity contribution in [3.8, 4) is 22.8 Å². The molecule has 0 radical (unpaired) electrons. The van der Waals surface area contributed by atoms with Crippen molar-refractivity contribution in [3.63, 3.8) is 0 Å². The Balaban J connectivity index is 1.67. The molecule has 0 amide bonds. The first-order chi connectivity index (χ1) is 17.5. The van der Waals surface area contributed by atoms with Gasteiger partial charge in [0, 0.05) is 62.7 Å². The molecular formula is C27H36N2O7. The number of rotatable bonds is 10. The number of hydrogen-bond acceptors (Lipinski definition) is 8. The van der Waals surface area contributed by atoms with Crippen LogP contribution in [0.25, 0.3) is 11.3 Å². The fourth-order valence-electron chi connectivity index (χ4n) is 4.99. The molecule has 0 aliphatic carbocycles. The zero-order chi connectivity index (χ0) is 25.7. The maximum Gasteiger partial charge on any atom is 0.325 e. The molecule has 2 unspecified atom stereocenters. The molecule has 1 aromatic carbocycles. The molecule has 0 saturated carbocycles. The van der Waals surface area contributed by atoms with Crippen molar-refractivity contribution in [2.45, 2.75) is 44.8 Å². The second-order valence-corrected chi connectivity index (χ2v) is 9.16. The van der Waals surface area contributed by atoms with E-state index in [2.05, 4.69) is 11.5 Å². The average molecular weight is 501 g/mol. The molecule has 36 heavy (non-hydrogen) atoms. The predicted octanol–water partition coefficient (Wildman–Crippen LogP) is 2.82. The van der Waals surface area contributed by atoms with Gasteiger partial charge in [-0.1, -0.05) is 6.92 Å². The zero-order valence-corrected chi connectivity index (χ0v) is 21.6. The van der Waals surface area contributed by atoms with Crippen molar-refractivity contribution in [1.82, 2.24) is 9.47 Å². The Morgan fingerprint density at radius 2 is 1.97 bits per heavy atom. The van der Waals surface area contributed by atoms with Crippen LogP contribution in [0, 0.1) is 0 Å². The second-order valence-electron chi connectivity index (χ2n) is 9.16. The fraction of sp³-hybridized carbons (Fsp3) is 0.556. The van der Waals surface area contributed by atoms with E-state index in [1.165, 1.54) is 7.11 Å². The normalized spacial score (nSPS) is 19.3. The highest BCUT2D eigenvalue weighted by Gasteiger charge is 2.32. The van der Waals surface area contributed by atoms with Crippen molar-refractivity contribution in [2.24, 2.45) is 0 Å². The average Bonchev–Trinajstić information content (AvgIpc) is 2.90. The highest BCUT2D eigenvalue weighted by atomic mass is 16.5. The lowest BCUT2D eigenvalue weighted by molar-refractivity contribution is -0.153. The Hall–Kier alpha value is -2.88. The first kappa shape index (κ1) is 26.2. The summed E-state index contributed by atoms with van der Waals surface area (Å²) in [6.07, 6.45) is 4.48. The number of benzene rings is 1. The lowest BCUT2D eigenvalue weighted by Gasteiger charge is -2.34. The van der Waals surface area contributed by atoms with Gasteiger partial charge in [-0.15, -0.1) is 0 Å². The Bertz CT molecular complexity index is 1130. The largest absolute Gasteiger partial charge is 0.493 e. The number of carbonyl (C=O) groups is 1. The molecule has 1 aromatic heterocycles. The molecule has 3 heterocycles. The zero-order valence-electron chi connectivity index (χ0n) is 21.6. The molecule has 9 heteroatoms. The summed E-state index contributed by atoms with van der Waals surface area (Å²) in [6.45, 7) is 5.02. The lowest BCUT2D eigenvalue weighted by Crippen LogP contribution is -2.50. The van der Waals surface area contributed by atoms with Crippen LogP contribution in [0.3, 0.4) is 0 Å². The molecular weight excluding hydrogens is 464 g/mol. The number of morpholine rings is 1. The van der Waals surface area contributed by atoms with Crippen LogP contribution >= 0.6 is 0 Å². The molecule has 0 N–H and O–H groups in total. The molecule has 2 aliphatic heterocycles. The highest BCUT2D eigenvalue weighted by Crippen LogP contribution is 2.41. The smallest absolute Gasteiger partial charge is 0.325 e. The summed E-state index contributed by atoms with van der Waals surface area (Å²) in [5, 5.41) is 0. The van der Waals surface area contributed by atoms with Crippen LogP contribution < -0.4 is 14.9 Å². The topological polar surface area (TPSA) is 88.5 Å². The van der Waals surface area contributed by atoms with E-state index in [-0.39, 0.29) is 24.0 Å². The molecule has 1 saturated heterocycles. The quantitative estimate of drug-likeness (QED) is 0.364. The van der Waals surface area contributed by atoms with Crippen LogP contribution in [0.2, 0.25) is 0 Å². The molecule has 2 aliphatic rings. The minimum absolute atomic E-state index is 0.0575. The number of aromatic nitrogens is 1. The maximum absolute atomic E-state index is 13.3. The standard InChI is InChI=1S/C27H36N2O7/c1-5-20-11-18-12-26(36-9-6-8-32-2)25(33-3)13-21(18)22-14-24(30)19(16-29(20)22)15-28-7-10-35-17-23(28)27(31)34-4/h12-14,16,20,23H,5-11,15,17H2,1-4H3. The van der Waals surface area contributed by atoms with Crippen LogP contribution in [0.15, 0.2) is 29.2 Å². The van der Waals surface area contributed by atoms with Crippen LogP contribution in [0.1, 0.15) is 36.9 Å². The maximum atomic E-state index is 13.3. The van der Waals surface area contributed by atoms with Gasteiger partial charge in [-0.3, -0.25) is 14.5 Å².